The van der Waals surface area contributed by atoms with Crippen molar-refractivity contribution < 1.29 is 4.79 Å². The lowest BCUT2D eigenvalue weighted by Crippen LogP contribution is -2.14. The predicted octanol–water partition coefficient (Wildman–Crippen LogP) is 4.12. The van der Waals surface area contributed by atoms with E-state index < -0.39 is 0 Å². The van der Waals surface area contributed by atoms with E-state index in [1.54, 1.807) is 30.6 Å². The average molecular weight is 379 g/mol. The third-order valence-corrected chi connectivity index (χ3v) is 4.95. The van der Waals surface area contributed by atoms with E-state index in [1.807, 2.05) is 18.2 Å². The highest BCUT2D eigenvalue weighted by Gasteiger charge is 2.14. The minimum atomic E-state index is -0.186. The van der Waals surface area contributed by atoms with Gasteiger partial charge in [0.25, 0.3) is 5.91 Å². The number of anilines is 2. The van der Waals surface area contributed by atoms with Crippen LogP contribution < -0.4 is 11.1 Å². The van der Waals surface area contributed by atoms with Crippen molar-refractivity contribution >= 4 is 29.3 Å². The lowest BCUT2D eigenvalue weighted by atomic mass is 10.0. The SMILES string of the molecule is CC(C)c1cccc(NC(=O)c2cccnc2SCc2ccnc(N)n2)c1. The van der Waals surface area contributed by atoms with Gasteiger partial charge in [-0.05, 0) is 41.8 Å². The number of benzene rings is 1. The van der Waals surface area contributed by atoms with E-state index in [0.717, 1.165) is 11.4 Å². The highest BCUT2D eigenvalue weighted by atomic mass is 32.2. The number of thioether (sulfide) groups is 1. The minimum absolute atomic E-state index is 0.186. The molecule has 2 aromatic heterocycles. The summed E-state index contributed by atoms with van der Waals surface area (Å²) in [6.45, 7) is 4.24. The van der Waals surface area contributed by atoms with E-state index in [9.17, 15) is 4.79 Å². The quantitative estimate of drug-likeness (QED) is 0.626. The molecule has 0 saturated heterocycles. The fraction of sp³-hybridized carbons (Fsp3) is 0.200. The third-order valence-electron chi connectivity index (χ3n) is 3.92. The molecule has 1 aromatic carbocycles. The van der Waals surface area contributed by atoms with Crippen molar-refractivity contribution in [1.29, 1.82) is 0 Å². The topological polar surface area (TPSA) is 93.8 Å². The van der Waals surface area contributed by atoms with E-state index in [4.69, 9.17) is 5.73 Å². The number of nitrogen functional groups attached to an aromatic ring is 1. The Morgan fingerprint density at radius 2 is 2.00 bits per heavy atom. The van der Waals surface area contributed by atoms with Gasteiger partial charge in [-0.15, -0.1) is 0 Å². The smallest absolute Gasteiger partial charge is 0.258 e. The second-order valence-corrected chi connectivity index (χ2v) is 7.25. The summed E-state index contributed by atoms with van der Waals surface area (Å²) in [5.41, 5.74) is 8.88. The molecule has 3 rings (SSSR count). The van der Waals surface area contributed by atoms with Crippen LogP contribution in [0.25, 0.3) is 0 Å². The Labute approximate surface area is 162 Å². The monoisotopic (exact) mass is 379 g/mol. The van der Waals surface area contributed by atoms with Crippen LogP contribution in [0.1, 0.15) is 41.4 Å². The molecule has 0 aliphatic heterocycles. The molecule has 2 heterocycles. The molecular weight excluding hydrogens is 358 g/mol. The van der Waals surface area contributed by atoms with Crippen LogP contribution in [0.3, 0.4) is 0 Å². The first-order valence-electron chi connectivity index (χ1n) is 8.59. The summed E-state index contributed by atoms with van der Waals surface area (Å²) in [5, 5.41) is 3.61. The highest BCUT2D eigenvalue weighted by Crippen LogP contribution is 2.25. The second-order valence-electron chi connectivity index (χ2n) is 6.29. The maximum atomic E-state index is 12.8. The number of nitrogens with zero attached hydrogens (tertiary/aromatic N) is 3. The minimum Gasteiger partial charge on any atom is -0.368 e. The molecule has 0 saturated carbocycles. The third kappa shape index (κ3) is 5.04. The Morgan fingerprint density at radius 1 is 1.15 bits per heavy atom. The number of aromatic nitrogens is 3. The van der Waals surface area contributed by atoms with Gasteiger partial charge in [0.15, 0.2) is 0 Å². The molecule has 0 aliphatic carbocycles. The summed E-state index contributed by atoms with van der Waals surface area (Å²) in [6, 6.07) is 13.2. The number of hydrogen-bond donors (Lipinski definition) is 2. The van der Waals surface area contributed by atoms with Gasteiger partial charge in [0.2, 0.25) is 5.95 Å². The van der Waals surface area contributed by atoms with Crippen molar-refractivity contribution in [2.45, 2.75) is 30.5 Å². The lowest BCUT2D eigenvalue weighted by Gasteiger charge is -2.11. The van der Waals surface area contributed by atoms with Gasteiger partial charge in [-0.1, -0.05) is 37.7 Å². The summed E-state index contributed by atoms with van der Waals surface area (Å²) in [7, 11) is 0. The number of carbonyl (C=O) groups excluding carboxylic acids is 1. The fourth-order valence-electron chi connectivity index (χ4n) is 2.49. The molecule has 0 aliphatic rings. The molecule has 27 heavy (non-hydrogen) atoms. The van der Waals surface area contributed by atoms with Gasteiger partial charge in [-0.2, -0.15) is 0 Å². The van der Waals surface area contributed by atoms with Gasteiger partial charge in [-0.3, -0.25) is 4.79 Å². The molecule has 138 valence electrons. The van der Waals surface area contributed by atoms with E-state index in [0.29, 0.717) is 22.3 Å². The van der Waals surface area contributed by atoms with Crippen molar-refractivity contribution in [3.8, 4) is 0 Å². The first-order valence-corrected chi connectivity index (χ1v) is 9.58. The molecule has 0 fully saturated rings. The van der Waals surface area contributed by atoms with Gasteiger partial charge in [0, 0.05) is 23.8 Å². The van der Waals surface area contributed by atoms with Crippen LogP contribution in [0.15, 0.2) is 59.9 Å². The number of amides is 1. The number of nitrogens with two attached hydrogens (primary N) is 1. The Morgan fingerprint density at radius 3 is 2.78 bits per heavy atom. The van der Waals surface area contributed by atoms with Crippen LogP contribution in [0.5, 0.6) is 0 Å². The van der Waals surface area contributed by atoms with Gasteiger partial charge in [0.1, 0.15) is 5.03 Å². The molecular formula is C20H21N5OS. The average Bonchev–Trinajstić information content (AvgIpc) is 2.67. The molecule has 0 bridgehead atoms. The highest BCUT2D eigenvalue weighted by molar-refractivity contribution is 7.98. The molecule has 3 N–H and O–H groups in total. The normalized spacial score (nSPS) is 10.8. The zero-order valence-electron chi connectivity index (χ0n) is 15.2. The molecule has 7 heteroatoms. The zero-order valence-corrected chi connectivity index (χ0v) is 16.0. The first kappa shape index (κ1) is 18.8. The molecule has 0 radical (unpaired) electrons. The van der Waals surface area contributed by atoms with Crippen molar-refractivity contribution in [1.82, 2.24) is 15.0 Å². The van der Waals surface area contributed by atoms with Crippen LogP contribution in [0, 0.1) is 0 Å². The van der Waals surface area contributed by atoms with E-state index in [1.165, 1.54) is 17.3 Å². The van der Waals surface area contributed by atoms with Gasteiger partial charge in [-0.25, -0.2) is 15.0 Å². The maximum Gasteiger partial charge on any atom is 0.258 e. The lowest BCUT2D eigenvalue weighted by molar-refractivity contribution is 0.102. The molecule has 1 amide bonds. The van der Waals surface area contributed by atoms with Crippen LogP contribution >= 0.6 is 11.8 Å². The van der Waals surface area contributed by atoms with Crippen LogP contribution in [-0.2, 0) is 5.75 Å². The largest absolute Gasteiger partial charge is 0.368 e. The predicted molar refractivity (Wildman–Crippen MR) is 109 cm³/mol. The standard InChI is InChI=1S/C20H21N5OS/c1-13(2)14-5-3-6-15(11-14)24-18(26)17-7-4-9-22-19(17)27-12-16-8-10-23-20(21)25-16/h3-11,13H,12H2,1-2H3,(H,24,26)(H2,21,23,25). The van der Waals surface area contributed by atoms with Crippen molar-refractivity contribution in [3.05, 3.63) is 71.7 Å². The van der Waals surface area contributed by atoms with Crippen molar-refractivity contribution in [2.75, 3.05) is 11.1 Å². The van der Waals surface area contributed by atoms with E-state index in [2.05, 4.69) is 40.2 Å². The molecule has 3 aromatic rings. The van der Waals surface area contributed by atoms with Gasteiger partial charge < -0.3 is 11.1 Å². The summed E-state index contributed by atoms with van der Waals surface area (Å²) < 4.78 is 0. The van der Waals surface area contributed by atoms with E-state index in [-0.39, 0.29) is 11.9 Å². The van der Waals surface area contributed by atoms with Crippen molar-refractivity contribution in [3.63, 3.8) is 0 Å². The van der Waals surface area contributed by atoms with Crippen molar-refractivity contribution in [2.24, 2.45) is 0 Å². The Kier molecular flexibility index (Phi) is 6.03. The summed E-state index contributed by atoms with van der Waals surface area (Å²) in [5.74, 6) is 0.991. The number of rotatable bonds is 6. The fourth-order valence-corrected chi connectivity index (χ4v) is 3.39. The Hall–Kier alpha value is -2.93. The summed E-state index contributed by atoms with van der Waals surface area (Å²) in [4.78, 5) is 25.2. The number of hydrogen-bond acceptors (Lipinski definition) is 6. The summed E-state index contributed by atoms with van der Waals surface area (Å²) in [6.07, 6.45) is 3.29. The van der Waals surface area contributed by atoms with Crippen LogP contribution in [0.2, 0.25) is 0 Å². The first-order chi connectivity index (χ1) is 13.0. The van der Waals surface area contributed by atoms with Gasteiger partial charge in [0.05, 0.1) is 11.3 Å². The zero-order chi connectivity index (χ0) is 19.2. The van der Waals surface area contributed by atoms with Gasteiger partial charge >= 0.3 is 0 Å². The molecule has 6 nitrogen and oxygen atoms in total. The Balaban J connectivity index is 1.74. The second kappa shape index (κ2) is 8.64. The van der Waals surface area contributed by atoms with E-state index >= 15 is 0 Å². The summed E-state index contributed by atoms with van der Waals surface area (Å²) >= 11 is 1.44. The maximum absolute atomic E-state index is 12.8. The Bertz CT molecular complexity index is 945. The molecule has 0 atom stereocenters. The number of nitrogens with one attached hydrogen (secondary N) is 1. The number of pyridine rings is 1. The van der Waals surface area contributed by atoms with Crippen LogP contribution in [-0.4, -0.2) is 20.9 Å². The van der Waals surface area contributed by atoms with Crippen LogP contribution in [0.4, 0.5) is 11.6 Å². The molecule has 0 spiro atoms. The molecule has 0 unspecified atom stereocenters. The number of carbonyl (C=O) groups is 1.